The predicted octanol–water partition coefficient (Wildman–Crippen LogP) is 3.39. The molecule has 1 atom stereocenters. The number of hydrogen-bond acceptors (Lipinski definition) is 2. The smallest absolute Gasteiger partial charge is 0.108 e. The summed E-state index contributed by atoms with van der Waals surface area (Å²) in [4.78, 5) is 0. The average Bonchev–Trinajstić information content (AvgIpc) is 2.39. The Morgan fingerprint density at radius 2 is 1.82 bits per heavy atom. The Morgan fingerprint density at radius 3 is 2.65 bits per heavy atom. The highest BCUT2D eigenvalue weighted by Gasteiger charge is 2.22. The van der Waals surface area contributed by atoms with Crippen molar-refractivity contribution in [3.63, 3.8) is 0 Å². The second-order valence-corrected chi connectivity index (χ2v) is 4.39. The standard InChI is InChI=1S/C15H15NO/c1-2-10-7-8-14-12(9-10)15(17)11-5-3-4-6-13(11)16-14/h3-9,15-17H,2H2,1H3. The van der Waals surface area contributed by atoms with Gasteiger partial charge in [0.05, 0.1) is 0 Å². The van der Waals surface area contributed by atoms with Crippen LogP contribution in [0.1, 0.15) is 29.7 Å². The molecule has 0 bridgehead atoms. The van der Waals surface area contributed by atoms with Crippen LogP contribution in [0, 0.1) is 0 Å². The van der Waals surface area contributed by atoms with Crippen LogP contribution in [0.2, 0.25) is 0 Å². The molecule has 2 aromatic rings. The van der Waals surface area contributed by atoms with Crippen LogP contribution in [0.3, 0.4) is 0 Å². The molecule has 0 saturated carbocycles. The van der Waals surface area contributed by atoms with Crippen LogP contribution in [0.4, 0.5) is 11.4 Å². The third-order valence-electron chi connectivity index (χ3n) is 3.34. The van der Waals surface area contributed by atoms with Crippen LogP contribution in [-0.4, -0.2) is 5.11 Å². The highest BCUT2D eigenvalue weighted by molar-refractivity contribution is 5.73. The number of aryl methyl sites for hydroxylation is 1. The number of rotatable bonds is 1. The van der Waals surface area contributed by atoms with Gasteiger partial charge in [-0.15, -0.1) is 0 Å². The van der Waals surface area contributed by atoms with Gasteiger partial charge in [0.25, 0.3) is 0 Å². The molecule has 2 aromatic carbocycles. The monoisotopic (exact) mass is 225 g/mol. The van der Waals surface area contributed by atoms with Crippen LogP contribution < -0.4 is 5.32 Å². The van der Waals surface area contributed by atoms with Crippen LogP contribution >= 0.6 is 0 Å². The number of anilines is 2. The fraction of sp³-hybridized carbons (Fsp3) is 0.200. The molecule has 0 aliphatic carbocycles. The molecule has 2 heteroatoms. The van der Waals surface area contributed by atoms with Gasteiger partial charge in [-0.2, -0.15) is 0 Å². The maximum absolute atomic E-state index is 10.4. The Kier molecular flexibility index (Phi) is 2.37. The first-order valence-corrected chi connectivity index (χ1v) is 5.96. The summed E-state index contributed by atoms with van der Waals surface area (Å²) in [5.74, 6) is 0. The zero-order valence-corrected chi connectivity index (χ0v) is 9.77. The van der Waals surface area contributed by atoms with Crippen molar-refractivity contribution in [3.05, 3.63) is 59.2 Å². The molecule has 0 radical (unpaired) electrons. The topological polar surface area (TPSA) is 32.3 Å². The second kappa shape index (κ2) is 3.90. The summed E-state index contributed by atoms with van der Waals surface area (Å²) in [6.07, 6.45) is 0.468. The Morgan fingerprint density at radius 1 is 1.06 bits per heavy atom. The fourth-order valence-corrected chi connectivity index (χ4v) is 2.33. The molecule has 0 amide bonds. The van der Waals surface area contributed by atoms with E-state index in [1.165, 1.54) is 5.56 Å². The molecule has 0 spiro atoms. The van der Waals surface area contributed by atoms with E-state index in [-0.39, 0.29) is 0 Å². The van der Waals surface area contributed by atoms with Gasteiger partial charge in [-0.05, 0) is 24.1 Å². The maximum Gasteiger partial charge on any atom is 0.108 e. The largest absolute Gasteiger partial charge is 0.383 e. The van der Waals surface area contributed by atoms with Crippen LogP contribution in [-0.2, 0) is 6.42 Å². The molecule has 17 heavy (non-hydrogen) atoms. The number of nitrogens with one attached hydrogen (secondary N) is 1. The fourth-order valence-electron chi connectivity index (χ4n) is 2.33. The normalized spacial score (nSPS) is 16.9. The van der Waals surface area contributed by atoms with Crippen LogP contribution in [0.15, 0.2) is 42.5 Å². The first-order valence-electron chi connectivity index (χ1n) is 5.96. The summed E-state index contributed by atoms with van der Waals surface area (Å²) in [5.41, 5.74) is 5.19. The molecule has 1 aliphatic heterocycles. The zero-order valence-electron chi connectivity index (χ0n) is 9.77. The van der Waals surface area contributed by atoms with Crippen molar-refractivity contribution < 1.29 is 5.11 Å². The van der Waals surface area contributed by atoms with E-state index in [0.29, 0.717) is 0 Å². The number of aliphatic hydroxyl groups is 1. The van der Waals surface area contributed by atoms with E-state index in [1.807, 2.05) is 30.3 Å². The van der Waals surface area contributed by atoms with Crippen molar-refractivity contribution >= 4 is 11.4 Å². The number of fused-ring (bicyclic) bond motifs is 2. The lowest BCUT2D eigenvalue weighted by molar-refractivity contribution is 0.220. The minimum Gasteiger partial charge on any atom is -0.383 e. The van der Waals surface area contributed by atoms with Gasteiger partial charge in [-0.1, -0.05) is 37.3 Å². The molecule has 0 aromatic heterocycles. The molecule has 1 unspecified atom stereocenters. The van der Waals surface area contributed by atoms with Crippen molar-refractivity contribution in [1.82, 2.24) is 0 Å². The Balaban J connectivity index is 2.13. The van der Waals surface area contributed by atoms with Crippen LogP contribution in [0.5, 0.6) is 0 Å². The molecule has 1 aliphatic rings. The highest BCUT2D eigenvalue weighted by Crippen LogP contribution is 2.39. The van der Waals surface area contributed by atoms with Gasteiger partial charge in [0, 0.05) is 22.5 Å². The molecule has 0 fully saturated rings. The third kappa shape index (κ3) is 1.61. The van der Waals surface area contributed by atoms with Crippen molar-refractivity contribution in [2.45, 2.75) is 19.4 Å². The SMILES string of the molecule is CCc1ccc2c(c1)C(O)c1ccccc1N2. The minimum absolute atomic E-state index is 0.519. The number of hydrogen-bond donors (Lipinski definition) is 2. The molecule has 86 valence electrons. The van der Waals surface area contributed by atoms with Crippen LogP contribution in [0.25, 0.3) is 0 Å². The summed E-state index contributed by atoms with van der Waals surface area (Å²) in [6.45, 7) is 2.12. The minimum atomic E-state index is -0.519. The Hall–Kier alpha value is -1.80. The first kappa shape index (κ1) is 10.4. The molecule has 2 nitrogen and oxygen atoms in total. The number of benzene rings is 2. The Bertz CT molecular complexity index is 563. The lowest BCUT2D eigenvalue weighted by atomic mass is 9.92. The quantitative estimate of drug-likeness (QED) is 0.779. The van der Waals surface area contributed by atoms with Gasteiger partial charge < -0.3 is 10.4 Å². The molecule has 2 N–H and O–H groups in total. The number of aliphatic hydroxyl groups excluding tert-OH is 1. The van der Waals surface area contributed by atoms with Crippen molar-refractivity contribution in [2.75, 3.05) is 5.32 Å². The van der Waals surface area contributed by atoms with E-state index < -0.39 is 6.10 Å². The van der Waals surface area contributed by atoms with Gasteiger partial charge in [-0.3, -0.25) is 0 Å². The summed E-state index contributed by atoms with van der Waals surface area (Å²) >= 11 is 0. The first-order chi connectivity index (χ1) is 8.29. The van der Waals surface area contributed by atoms with Crippen molar-refractivity contribution in [1.29, 1.82) is 0 Å². The molecular weight excluding hydrogens is 210 g/mol. The molecule has 0 saturated heterocycles. The van der Waals surface area contributed by atoms with Crippen molar-refractivity contribution in [3.8, 4) is 0 Å². The van der Waals surface area contributed by atoms with E-state index in [4.69, 9.17) is 0 Å². The zero-order chi connectivity index (χ0) is 11.8. The van der Waals surface area contributed by atoms with E-state index in [2.05, 4.69) is 24.4 Å². The molecular formula is C15H15NO. The van der Waals surface area contributed by atoms with E-state index in [9.17, 15) is 5.11 Å². The summed E-state index contributed by atoms with van der Waals surface area (Å²) in [5, 5.41) is 13.8. The summed E-state index contributed by atoms with van der Waals surface area (Å²) < 4.78 is 0. The van der Waals surface area contributed by atoms with Gasteiger partial charge in [0.1, 0.15) is 6.10 Å². The summed E-state index contributed by atoms with van der Waals surface area (Å²) in [6, 6.07) is 14.1. The average molecular weight is 225 g/mol. The van der Waals surface area contributed by atoms with Crippen molar-refractivity contribution in [2.24, 2.45) is 0 Å². The van der Waals surface area contributed by atoms with Gasteiger partial charge in [0.15, 0.2) is 0 Å². The summed E-state index contributed by atoms with van der Waals surface area (Å²) in [7, 11) is 0. The molecule has 3 rings (SSSR count). The van der Waals surface area contributed by atoms with Gasteiger partial charge in [-0.25, -0.2) is 0 Å². The van der Waals surface area contributed by atoms with E-state index >= 15 is 0 Å². The predicted molar refractivity (Wildman–Crippen MR) is 69.6 cm³/mol. The maximum atomic E-state index is 10.4. The van der Waals surface area contributed by atoms with E-state index in [1.54, 1.807) is 0 Å². The highest BCUT2D eigenvalue weighted by atomic mass is 16.3. The van der Waals surface area contributed by atoms with Gasteiger partial charge in [0.2, 0.25) is 0 Å². The lowest BCUT2D eigenvalue weighted by Crippen LogP contribution is -2.12. The van der Waals surface area contributed by atoms with Gasteiger partial charge >= 0.3 is 0 Å². The lowest BCUT2D eigenvalue weighted by Gasteiger charge is -2.26. The molecule has 1 heterocycles. The third-order valence-corrected chi connectivity index (χ3v) is 3.34. The Labute approximate surface area is 101 Å². The van der Waals surface area contributed by atoms with E-state index in [0.717, 1.165) is 28.9 Å². The number of para-hydroxylation sites is 1. The second-order valence-electron chi connectivity index (χ2n) is 4.39.